The first-order valence-electron chi connectivity index (χ1n) is 25.3. The number of hydrogen-bond donors (Lipinski definition) is 0. The average Bonchev–Trinajstić information content (AvgIpc) is 3.98. The molecular formula is C60H40N2O. The summed E-state index contributed by atoms with van der Waals surface area (Å²) in [5.41, 5.74) is 10.5. The van der Waals surface area contributed by atoms with E-state index in [1.165, 1.54) is 0 Å². The Morgan fingerprint density at radius 1 is 0.349 bits per heavy atom. The molecular weight excluding hydrogens is 765 g/mol. The van der Waals surface area contributed by atoms with E-state index in [0.29, 0.717) is 11.4 Å². The number of para-hydroxylation sites is 4. The summed E-state index contributed by atoms with van der Waals surface area (Å²) in [6.07, 6.45) is 0. The first-order valence-corrected chi connectivity index (χ1v) is 20.8. The molecule has 0 bridgehead atoms. The third kappa shape index (κ3) is 6.38. The van der Waals surface area contributed by atoms with Gasteiger partial charge >= 0.3 is 0 Å². The summed E-state index contributed by atoms with van der Waals surface area (Å²) in [6, 6.07) is 57.6. The zero-order valence-corrected chi connectivity index (χ0v) is 33.7. The van der Waals surface area contributed by atoms with Crippen LogP contribution < -0.4 is 4.90 Å². The molecule has 0 aliphatic rings. The van der Waals surface area contributed by atoms with E-state index in [-0.39, 0.29) is 11.3 Å². The van der Waals surface area contributed by atoms with Crippen molar-refractivity contribution in [2.75, 3.05) is 4.90 Å². The van der Waals surface area contributed by atoms with Crippen LogP contribution in [0, 0.1) is 0 Å². The van der Waals surface area contributed by atoms with Gasteiger partial charge in [0.2, 0.25) is 0 Å². The minimum absolute atomic E-state index is 0.0807. The van der Waals surface area contributed by atoms with Crippen LogP contribution in [0.5, 0.6) is 0 Å². The number of anilines is 3. The van der Waals surface area contributed by atoms with E-state index in [4.69, 9.17) is 11.3 Å². The van der Waals surface area contributed by atoms with Crippen molar-refractivity contribution in [2.24, 2.45) is 0 Å². The standard InChI is InChI=1S/C60H40N2O/c1-3-14-41(15-4-1)42-28-34-47(35-29-42)61(48-36-30-43(31-37-48)46-18-11-19-50(40-46)62-57-26-9-7-20-53(57)54-21-8-10-27-58(54)62)49-38-32-45(33-39-49)52-23-13-25-56-55-24-12-22-51(59(55)63-60(52)56)44-16-5-2-6-17-44/h1-40H/i1D,3D,4D,14D,15D,28D,29D,34D,35D. The Morgan fingerprint density at radius 3 is 1.46 bits per heavy atom. The van der Waals surface area contributed by atoms with E-state index in [0.717, 1.165) is 82.8 Å². The molecule has 0 aliphatic heterocycles. The summed E-state index contributed by atoms with van der Waals surface area (Å²) >= 11 is 0. The van der Waals surface area contributed by atoms with Gasteiger partial charge in [0.05, 0.1) is 23.4 Å². The maximum Gasteiger partial charge on any atom is 0.143 e. The third-order valence-corrected chi connectivity index (χ3v) is 11.8. The monoisotopic (exact) mass is 813 g/mol. The first-order chi connectivity index (χ1) is 35.0. The van der Waals surface area contributed by atoms with Crippen molar-refractivity contribution in [1.29, 1.82) is 0 Å². The minimum atomic E-state index is -0.635. The Hall–Kier alpha value is -8.40. The molecule has 12 aromatic rings. The van der Waals surface area contributed by atoms with Crippen molar-refractivity contribution in [1.82, 2.24) is 4.57 Å². The van der Waals surface area contributed by atoms with Crippen molar-refractivity contribution >= 4 is 60.8 Å². The van der Waals surface area contributed by atoms with Gasteiger partial charge in [-0.15, -0.1) is 0 Å². The lowest BCUT2D eigenvalue weighted by atomic mass is 10.00. The molecule has 0 unspecified atom stereocenters. The summed E-state index contributed by atoms with van der Waals surface area (Å²) in [5, 5.41) is 4.29. The second-order valence-corrected chi connectivity index (χ2v) is 15.4. The molecule has 0 saturated carbocycles. The van der Waals surface area contributed by atoms with Crippen LogP contribution in [0.25, 0.3) is 93.9 Å². The molecule has 0 amide bonds. The second kappa shape index (κ2) is 15.3. The molecule has 0 atom stereocenters. The summed E-state index contributed by atoms with van der Waals surface area (Å²) in [7, 11) is 0. The molecule has 10 aromatic carbocycles. The molecule has 63 heavy (non-hydrogen) atoms. The van der Waals surface area contributed by atoms with Gasteiger partial charge in [0.1, 0.15) is 11.2 Å². The van der Waals surface area contributed by atoms with E-state index in [1.807, 2.05) is 109 Å². The molecule has 2 aromatic heterocycles. The lowest BCUT2D eigenvalue weighted by Gasteiger charge is -2.26. The van der Waals surface area contributed by atoms with E-state index >= 15 is 0 Å². The van der Waals surface area contributed by atoms with Gasteiger partial charge in [-0.1, -0.05) is 182 Å². The Bertz CT molecular complexity index is 4040. The van der Waals surface area contributed by atoms with Gasteiger partial charge in [0, 0.05) is 55.4 Å². The minimum Gasteiger partial charge on any atom is -0.455 e. The van der Waals surface area contributed by atoms with Crippen LogP contribution >= 0.6 is 0 Å². The van der Waals surface area contributed by atoms with Crippen LogP contribution in [0.4, 0.5) is 17.1 Å². The van der Waals surface area contributed by atoms with E-state index in [9.17, 15) is 5.48 Å². The van der Waals surface area contributed by atoms with Gasteiger partial charge in [0.15, 0.2) is 0 Å². The Balaban J connectivity index is 0.992. The highest BCUT2D eigenvalue weighted by Gasteiger charge is 2.18. The highest BCUT2D eigenvalue weighted by Crippen LogP contribution is 2.42. The number of hydrogen-bond acceptors (Lipinski definition) is 2. The Kier molecular flexibility index (Phi) is 6.82. The van der Waals surface area contributed by atoms with Crippen LogP contribution in [0.15, 0.2) is 247 Å². The lowest BCUT2D eigenvalue weighted by molar-refractivity contribution is 0.671. The van der Waals surface area contributed by atoms with Crippen LogP contribution in [0.1, 0.15) is 12.3 Å². The zero-order valence-electron chi connectivity index (χ0n) is 42.7. The molecule has 3 nitrogen and oxygen atoms in total. The van der Waals surface area contributed by atoms with Crippen molar-refractivity contribution in [3.8, 4) is 50.2 Å². The first kappa shape index (κ1) is 28.2. The van der Waals surface area contributed by atoms with Gasteiger partial charge in [-0.05, 0) is 94.0 Å². The van der Waals surface area contributed by atoms with E-state index in [1.54, 1.807) is 4.90 Å². The quantitative estimate of drug-likeness (QED) is 0.152. The maximum atomic E-state index is 9.53. The molecule has 12 rings (SSSR count). The zero-order chi connectivity index (χ0) is 49.5. The Morgan fingerprint density at radius 2 is 0.841 bits per heavy atom. The molecule has 0 spiro atoms. The number of rotatable bonds is 8. The van der Waals surface area contributed by atoms with Crippen LogP contribution in [-0.4, -0.2) is 4.57 Å². The van der Waals surface area contributed by atoms with Crippen molar-refractivity contribution in [3.63, 3.8) is 0 Å². The van der Waals surface area contributed by atoms with Gasteiger partial charge in [0.25, 0.3) is 0 Å². The van der Waals surface area contributed by atoms with E-state index < -0.39 is 59.9 Å². The third-order valence-electron chi connectivity index (χ3n) is 11.8. The van der Waals surface area contributed by atoms with E-state index in [2.05, 4.69) is 83.4 Å². The molecule has 2 heterocycles. The van der Waals surface area contributed by atoms with Gasteiger partial charge in [-0.2, -0.15) is 0 Å². The molecule has 0 fully saturated rings. The number of nitrogens with zero attached hydrogens (tertiary/aromatic N) is 2. The molecule has 296 valence electrons. The lowest BCUT2D eigenvalue weighted by Crippen LogP contribution is -2.09. The fourth-order valence-corrected chi connectivity index (χ4v) is 8.84. The predicted molar refractivity (Wildman–Crippen MR) is 264 cm³/mol. The topological polar surface area (TPSA) is 21.3 Å². The van der Waals surface area contributed by atoms with Gasteiger partial charge < -0.3 is 13.9 Å². The van der Waals surface area contributed by atoms with Crippen LogP contribution in [0.3, 0.4) is 0 Å². The van der Waals surface area contributed by atoms with Crippen molar-refractivity contribution in [3.05, 3.63) is 242 Å². The Labute approximate surface area is 378 Å². The summed E-state index contributed by atoms with van der Waals surface area (Å²) in [6.45, 7) is 0. The molecule has 3 heteroatoms. The highest BCUT2D eigenvalue weighted by molar-refractivity contribution is 6.13. The van der Waals surface area contributed by atoms with Crippen LogP contribution in [-0.2, 0) is 0 Å². The SMILES string of the molecule is [2H]c1c([2H])c([2H])c(-c2c([2H])c([2H])c(N(c3ccc(-c4cccc(-n5c6ccccc6c6ccccc65)c4)cc3)c3ccc(-c4cccc5c4oc4c(-c6ccccc6)cccc45)cc3)c([2H])c2[2H])c([2H])c1[2H]. The summed E-state index contributed by atoms with van der Waals surface area (Å²) < 4.78 is 88.8. The number of aromatic nitrogens is 1. The number of fused-ring (bicyclic) bond motifs is 6. The smallest absolute Gasteiger partial charge is 0.143 e. The largest absolute Gasteiger partial charge is 0.455 e. The summed E-state index contributed by atoms with van der Waals surface area (Å²) in [4.78, 5) is 1.67. The molecule has 0 saturated heterocycles. The van der Waals surface area contributed by atoms with Gasteiger partial charge in [-0.3, -0.25) is 0 Å². The molecule has 0 N–H and O–H groups in total. The molecule has 0 radical (unpaired) electrons. The molecule has 0 aliphatic carbocycles. The summed E-state index contributed by atoms with van der Waals surface area (Å²) in [5.74, 6) is 0. The van der Waals surface area contributed by atoms with Crippen LogP contribution in [0.2, 0.25) is 0 Å². The predicted octanol–water partition coefficient (Wildman–Crippen LogP) is 16.8. The van der Waals surface area contributed by atoms with Crippen molar-refractivity contribution in [2.45, 2.75) is 0 Å². The van der Waals surface area contributed by atoms with Gasteiger partial charge in [-0.25, -0.2) is 0 Å². The second-order valence-electron chi connectivity index (χ2n) is 15.4. The maximum absolute atomic E-state index is 9.53. The fourth-order valence-electron chi connectivity index (χ4n) is 8.84. The normalized spacial score (nSPS) is 13.5. The highest BCUT2D eigenvalue weighted by atomic mass is 16.3. The number of benzene rings is 10. The van der Waals surface area contributed by atoms with Crippen molar-refractivity contribution < 1.29 is 16.8 Å². The average molecular weight is 814 g/mol. The number of furan rings is 1. The fraction of sp³-hybridized carbons (Fsp3) is 0.